The number of hydrogen-bond donors (Lipinski definition) is 0. The molecule has 0 N–H and O–H groups in total. The van der Waals surface area contributed by atoms with Crippen molar-refractivity contribution in [2.24, 2.45) is 0 Å². The highest BCUT2D eigenvalue weighted by Crippen LogP contribution is 2.43. The summed E-state index contributed by atoms with van der Waals surface area (Å²) in [6.45, 7) is 9.98. The van der Waals surface area contributed by atoms with E-state index in [0.717, 1.165) is 18.4 Å². The van der Waals surface area contributed by atoms with Crippen LogP contribution in [0.25, 0.3) is 22.3 Å². The van der Waals surface area contributed by atoms with Crippen molar-refractivity contribution in [3.63, 3.8) is 0 Å². The minimum atomic E-state index is -4.81. The molecule has 1 heterocycles. The Morgan fingerprint density at radius 1 is 0.886 bits per heavy atom. The molecule has 9 heteroatoms. The Kier molecular flexibility index (Phi) is 11.4. The molecule has 4 nitrogen and oxygen atoms in total. The summed E-state index contributed by atoms with van der Waals surface area (Å²) in [6.07, 6.45) is -3.20. The lowest BCUT2D eigenvalue weighted by molar-refractivity contribution is -0.140. The highest BCUT2D eigenvalue weighted by atomic mass is 32.2. The molecule has 0 aliphatic rings. The second kappa shape index (κ2) is 13.2. The van der Waals surface area contributed by atoms with Gasteiger partial charge in [0.2, 0.25) is 5.88 Å². The molecular formula is C26H31F4NO3S. The maximum atomic E-state index is 14.0. The van der Waals surface area contributed by atoms with Crippen LogP contribution in [0.2, 0.25) is 0 Å². The molecule has 1 aromatic heterocycles. The summed E-state index contributed by atoms with van der Waals surface area (Å²) in [5.74, 6) is -0.797. The topological polar surface area (TPSA) is 56.3 Å². The maximum Gasteiger partial charge on any atom is 0.434 e. The Labute approximate surface area is 204 Å². The van der Waals surface area contributed by atoms with Crippen molar-refractivity contribution in [1.82, 2.24) is 4.98 Å². The molecule has 0 unspecified atom stereocenters. The van der Waals surface area contributed by atoms with E-state index in [9.17, 15) is 26.0 Å². The zero-order chi connectivity index (χ0) is 26.8. The Balaban J connectivity index is 0.00000145. The molecular weight excluding hydrogens is 482 g/mol. The zero-order valence-electron chi connectivity index (χ0n) is 20.7. The molecule has 0 spiro atoms. The molecule has 3 aromatic rings. The number of aromatic nitrogens is 1. The smallest absolute Gasteiger partial charge is 0.434 e. The summed E-state index contributed by atoms with van der Waals surface area (Å²) in [4.78, 5) is 3.72. The van der Waals surface area contributed by atoms with Gasteiger partial charge in [-0.2, -0.15) is 13.2 Å². The van der Waals surface area contributed by atoms with Gasteiger partial charge in [-0.15, -0.1) is 0 Å². The number of hydrogen-bond acceptors (Lipinski definition) is 4. The number of ether oxygens (including phenoxy) is 1. The standard InChI is InChI=1S/C22H19F4NO3S.2C2H6/c1-3-12-30-19-13-18(14-6-10-17(11-7-14)31(2,28)29)20(21(27-19)22(24,25)26)15-4-8-16(23)9-5-15;2*1-2/h4-11,13H,3,12H2,1-2H3;2*1-2H3. The van der Waals surface area contributed by atoms with Gasteiger partial charge in [-0.05, 0) is 47.4 Å². The zero-order valence-corrected chi connectivity index (χ0v) is 21.5. The van der Waals surface area contributed by atoms with Crippen LogP contribution in [0.1, 0.15) is 46.7 Å². The Morgan fingerprint density at radius 3 is 1.86 bits per heavy atom. The largest absolute Gasteiger partial charge is 0.478 e. The van der Waals surface area contributed by atoms with Gasteiger partial charge in [0.05, 0.1) is 11.5 Å². The summed E-state index contributed by atoms with van der Waals surface area (Å²) in [6, 6.07) is 11.5. The first-order valence-corrected chi connectivity index (χ1v) is 13.2. The van der Waals surface area contributed by atoms with Crippen LogP contribution in [-0.4, -0.2) is 26.3 Å². The minimum Gasteiger partial charge on any atom is -0.478 e. The number of sulfone groups is 1. The fourth-order valence-electron chi connectivity index (χ4n) is 3.03. The number of halogens is 4. The predicted octanol–water partition coefficient (Wildman–Crippen LogP) is 7.82. The van der Waals surface area contributed by atoms with Gasteiger partial charge < -0.3 is 4.74 Å². The average Bonchev–Trinajstić information content (AvgIpc) is 2.84. The van der Waals surface area contributed by atoms with E-state index in [-0.39, 0.29) is 34.1 Å². The molecule has 0 bridgehead atoms. The Bertz CT molecular complexity index is 1170. The molecule has 35 heavy (non-hydrogen) atoms. The third-order valence-electron chi connectivity index (χ3n) is 4.44. The van der Waals surface area contributed by atoms with E-state index in [1.807, 2.05) is 34.6 Å². The molecule has 0 amide bonds. The lowest BCUT2D eigenvalue weighted by Crippen LogP contribution is -2.13. The van der Waals surface area contributed by atoms with E-state index < -0.39 is 27.5 Å². The van der Waals surface area contributed by atoms with Crippen molar-refractivity contribution < 1.29 is 30.7 Å². The van der Waals surface area contributed by atoms with E-state index in [4.69, 9.17) is 4.74 Å². The highest BCUT2D eigenvalue weighted by Gasteiger charge is 2.38. The van der Waals surface area contributed by atoms with Crippen molar-refractivity contribution in [3.8, 4) is 28.1 Å². The van der Waals surface area contributed by atoms with Crippen LogP contribution in [0.5, 0.6) is 5.88 Å². The summed E-state index contributed by atoms with van der Waals surface area (Å²) < 4.78 is 84.1. The second-order valence-electron chi connectivity index (χ2n) is 6.88. The molecule has 0 fully saturated rings. The molecule has 0 atom stereocenters. The normalized spacial score (nSPS) is 11.0. The van der Waals surface area contributed by atoms with Crippen molar-refractivity contribution in [1.29, 1.82) is 0 Å². The first-order valence-electron chi connectivity index (χ1n) is 11.3. The monoisotopic (exact) mass is 513 g/mol. The van der Waals surface area contributed by atoms with Crippen molar-refractivity contribution in [2.75, 3.05) is 12.9 Å². The first kappa shape index (κ1) is 30.1. The first-order chi connectivity index (χ1) is 16.5. The SMILES string of the molecule is CC.CC.CCCOc1cc(-c2ccc(S(C)(=O)=O)cc2)c(-c2ccc(F)cc2)c(C(F)(F)F)n1. The highest BCUT2D eigenvalue weighted by molar-refractivity contribution is 7.90. The summed E-state index contributed by atoms with van der Waals surface area (Å²) in [7, 11) is -3.48. The van der Waals surface area contributed by atoms with E-state index >= 15 is 0 Å². The number of rotatable bonds is 6. The molecule has 0 saturated heterocycles. The summed E-state index contributed by atoms with van der Waals surface area (Å²) in [5, 5.41) is 0. The van der Waals surface area contributed by atoms with Gasteiger partial charge in [-0.25, -0.2) is 17.8 Å². The molecule has 2 aromatic carbocycles. The van der Waals surface area contributed by atoms with Crippen LogP contribution in [-0.2, 0) is 16.0 Å². The third-order valence-corrected chi connectivity index (χ3v) is 5.57. The van der Waals surface area contributed by atoms with Crippen LogP contribution >= 0.6 is 0 Å². The second-order valence-corrected chi connectivity index (χ2v) is 8.90. The van der Waals surface area contributed by atoms with Crippen LogP contribution < -0.4 is 4.74 Å². The van der Waals surface area contributed by atoms with E-state index in [2.05, 4.69) is 4.98 Å². The van der Waals surface area contributed by atoms with Gasteiger partial charge in [0, 0.05) is 17.9 Å². The molecule has 0 radical (unpaired) electrons. The Morgan fingerprint density at radius 2 is 1.40 bits per heavy atom. The van der Waals surface area contributed by atoms with Gasteiger partial charge in [-0.1, -0.05) is 58.9 Å². The van der Waals surface area contributed by atoms with Gasteiger partial charge in [0.25, 0.3) is 0 Å². The molecule has 0 saturated carbocycles. The Hall–Kier alpha value is -2.94. The van der Waals surface area contributed by atoms with Crippen LogP contribution in [0.3, 0.4) is 0 Å². The van der Waals surface area contributed by atoms with Gasteiger partial charge >= 0.3 is 6.18 Å². The number of benzene rings is 2. The van der Waals surface area contributed by atoms with Crippen molar-refractivity contribution in [2.45, 2.75) is 52.1 Å². The predicted molar refractivity (Wildman–Crippen MR) is 132 cm³/mol. The fraction of sp³-hybridized carbons (Fsp3) is 0.346. The molecule has 0 aliphatic heterocycles. The van der Waals surface area contributed by atoms with E-state index in [1.165, 1.54) is 42.5 Å². The van der Waals surface area contributed by atoms with E-state index in [1.54, 1.807) is 0 Å². The third kappa shape index (κ3) is 8.06. The quantitative estimate of drug-likeness (QED) is 0.315. The van der Waals surface area contributed by atoms with Gasteiger partial charge in [-0.3, -0.25) is 0 Å². The molecule has 0 aliphatic carbocycles. The lowest BCUT2D eigenvalue weighted by atomic mass is 9.93. The van der Waals surface area contributed by atoms with Crippen molar-refractivity contribution >= 4 is 9.84 Å². The number of nitrogens with zero attached hydrogens (tertiary/aromatic N) is 1. The van der Waals surface area contributed by atoms with Gasteiger partial charge in [0.15, 0.2) is 15.5 Å². The van der Waals surface area contributed by atoms with E-state index in [0.29, 0.717) is 12.0 Å². The fourth-order valence-corrected chi connectivity index (χ4v) is 3.66. The number of pyridine rings is 1. The van der Waals surface area contributed by atoms with Crippen LogP contribution in [0.15, 0.2) is 59.5 Å². The molecule has 3 rings (SSSR count). The van der Waals surface area contributed by atoms with Crippen molar-refractivity contribution in [3.05, 3.63) is 66.1 Å². The number of alkyl halides is 3. The summed E-state index contributed by atoms with van der Waals surface area (Å²) >= 11 is 0. The average molecular weight is 514 g/mol. The van der Waals surface area contributed by atoms with Crippen LogP contribution in [0, 0.1) is 5.82 Å². The van der Waals surface area contributed by atoms with Gasteiger partial charge in [0.1, 0.15) is 5.82 Å². The minimum absolute atomic E-state index is 0.0344. The molecule has 192 valence electrons. The summed E-state index contributed by atoms with van der Waals surface area (Å²) in [5.41, 5.74) is -0.829. The maximum absolute atomic E-state index is 14.0. The lowest BCUT2D eigenvalue weighted by Gasteiger charge is -2.19. The van der Waals surface area contributed by atoms with Crippen LogP contribution in [0.4, 0.5) is 17.6 Å².